The Labute approximate surface area is 235 Å². The average Bonchev–Trinajstić information content (AvgIpc) is 3.45. The van der Waals surface area contributed by atoms with Crippen LogP contribution in [0.25, 0.3) is 11.3 Å². The van der Waals surface area contributed by atoms with Gasteiger partial charge in [0.05, 0.1) is 25.2 Å². The molecule has 40 heavy (non-hydrogen) atoms. The molecular weight excluding hydrogens is 510 g/mol. The molecule has 2 N–H and O–H groups in total. The number of furan rings is 1. The van der Waals surface area contributed by atoms with E-state index >= 15 is 0 Å². The predicted molar refractivity (Wildman–Crippen MR) is 152 cm³/mol. The van der Waals surface area contributed by atoms with E-state index in [0.29, 0.717) is 24.3 Å². The van der Waals surface area contributed by atoms with E-state index in [0.717, 1.165) is 35.5 Å². The van der Waals surface area contributed by atoms with Crippen molar-refractivity contribution in [3.05, 3.63) is 78.1 Å². The molecule has 1 heterocycles. The zero-order valence-electron chi connectivity index (χ0n) is 23.4. The summed E-state index contributed by atoms with van der Waals surface area (Å²) in [6.07, 6.45) is 4.03. The van der Waals surface area contributed by atoms with Crippen LogP contribution in [0.15, 0.2) is 71.1 Å². The number of amides is 3. The van der Waals surface area contributed by atoms with Gasteiger partial charge in [-0.25, -0.2) is 5.06 Å². The lowest BCUT2D eigenvalue weighted by molar-refractivity contribution is -0.182. The van der Waals surface area contributed by atoms with Gasteiger partial charge in [-0.2, -0.15) is 0 Å². The number of hydroxylamine groups is 2. The molecule has 0 radical (unpaired) electrons. The van der Waals surface area contributed by atoms with Crippen molar-refractivity contribution in [2.45, 2.75) is 59.2 Å². The van der Waals surface area contributed by atoms with Crippen molar-refractivity contribution in [3.8, 4) is 17.1 Å². The number of nitrogens with zero attached hydrogens (tertiary/aromatic N) is 1. The molecule has 0 fully saturated rings. The number of nitrogens with one attached hydrogen (secondary N) is 2. The number of ether oxygens (including phenoxy) is 1. The highest BCUT2D eigenvalue weighted by molar-refractivity contribution is 5.92. The molecule has 9 nitrogen and oxygen atoms in total. The van der Waals surface area contributed by atoms with E-state index in [4.69, 9.17) is 14.0 Å². The molecule has 3 amide bonds. The Kier molecular flexibility index (Phi) is 12.2. The summed E-state index contributed by atoms with van der Waals surface area (Å²) in [6.45, 7) is 6.24. The van der Waals surface area contributed by atoms with Crippen molar-refractivity contribution in [2.75, 3.05) is 13.2 Å². The molecule has 214 valence electrons. The lowest BCUT2D eigenvalue weighted by Gasteiger charge is -2.23. The van der Waals surface area contributed by atoms with Gasteiger partial charge in [-0.3, -0.25) is 19.2 Å². The fraction of sp³-hybridized carbons (Fsp3) is 0.387. The standard InChI is InChI=1S/C31H39N3O6/c1-4-5-7-13-26(19-34(22-35)38-20-24-11-8-6-9-12-24)30(36)32-21-33-31(37)29-17-16-28(40-29)25-14-10-15-27(18-25)39-23(2)3/h6,8-12,14-18,22-23,26H,4-5,7,13,19-21H2,1-3H3,(H,32,36)(H,33,37). The summed E-state index contributed by atoms with van der Waals surface area (Å²) in [6, 6.07) is 20.2. The molecule has 1 unspecified atom stereocenters. The normalized spacial score (nSPS) is 11.6. The fourth-order valence-electron chi connectivity index (χ4n) is 4.07. The van der Waals surface area contributed by atoms with Crippen molar-refractivity contribution < 1.29 is 28.4 Å². The van der Waals surface area contributed by atoms with E-state index in [1.54, 1.807) is 12.1 Å². The summed E-state index contributed by atoms with van der Waals surface area (Å²) >= 11 is 0. The number of carbonyl (C=O) groups excluding carboxylic acids is 3. The first-order chi connectivity index (χ1) is 19.4. The quantitative estimate of drug-likeness (QED) is 0.102. The molecular formula is C31H39N3O6. The maximum absolute atomic E-state index is 13.0. The summed E-state index contributed by atoms with van der Waals surface area (Å²) < 4.78 is 11.5. The van der Waals surface area contributed by atoms with Gasteiger partial charge in [0, 0.05) is 5.56 Å². The van der Waals surface area contributed by atoms with Crippen molar-refractivity contribution >= 4 is 18.2 Å². The van der Waals surface area contributed by atoms with Gasteiger partial charge in [-0.1, -0.05) is 68.7 Å². The molecule has 3 aromatic rings. The van der Waals surface area contributed by atoms with Crippen LogP contribution in [0.5, 0.6) is 5.75 Å². The Balaban J connectivity index is 1.53. The van der Waals surface area contributed by atoms with Crippen molar-refractivity contribution in [1.29, 1.82) is 0 Å². The molecule has 0 saturated carbocycles. The summed E-state index contributed by atoms with van der Waals surface area (Å²) in [7, 11) is 0. The molecule has 3 rings (SSSR count). The first kappa shape index (κ1) is 30.4. The highest BCUT2D eigenvalue weighted by atomic mass is 16.7. The van der Waals surface area contributed by atoms with Crippen LogP contribution in [0.3, 0.4) is 0 Å². The number of rotatable bonds is 17. The fourth-order valence-corrected chi connectivity index (χ4v) is 4.07. The summed E-state index contributed by atoms with van der Waals surface area (Å²) in [5, 5.41) is 6.58. The minimum absolute atomic E-state index is 0.0398. The largest absolute Gasteiger partial charge is 0.491 e. The molecule has 2 aromatic carbocycles. The zero-order valence-corrected chi connectivity index (χ0v) is 23.4. The Morgan fingerprint density at radius 1 is 1.00 bits per heavy atom. The van der Waals surface area contributed by atoms with Crippen LogP contribution in [0.2, 0.25) is 0 Å². The van der Waals surface area contributed by atoms with Crippen LogP contribution in [0.1, 0.15) is 62.6 Å². The average molecular weight is 550 g/mol. The van der Waals surface area contributed by atoms with Crippen LogP contribution in [0.4, 0.5) is 0 Å². The van der Waals surface area contributed by atoms with Crippen molar-refractivity contribution in [3.63, 3.8) is 0 Å². The number of benzene rings is 2. The van der Waals surface area contributed by atoms with Crippen LogP contribution in [-0.2, 0) is 21.0 Å². The third kappa shape index (κ3) is 9.89. The molecule has 0 bridgehead atoms. The van der Waals surface area contributed by atoms with E-state index in [-0.39, 0.29) is 37.6 Å². The number of hydrogen-bond donors (Lipinski definition) is 2. The van der Waals surface area contributed by atoms with Gasteiger partial charge in [-0.15, -0.1) is 0 Å². The van der Waals surface area contributed by atoms with E-state index in [2.05, 4.69) is 17.6 Å². The Hall–Kier alpha value is -4.11. The molecule has 0 spiro atoms. The molecule has 9 heteroatoms. The molecule has 0 aliphatic carbocycles. The van der Waals surface area contributed by atoms with E-state index in [9.17, 15) is 14.4 Å². The zero-order chi connectivity index (χ0) is 28.7. The Bertz CT molecular complexity index is 1210. The number of unbranched alkanes of at least 4 members (excludes halogenated alkanes) is 2. The second-order valence-corrected chi connectivity index (χ2v) is 9.74. The minimum atomic E-state index is -0.486. The smallest absolute Gasteiger partial charge is 0.288 e. The molecule has 0 aliphatic heterocycles. The van der Waals surface area contributed by atoms with Gasteiger partial charge in [0.25, 0.3) is 5.91 Å². The van der Waals surface area contributed by atoms with Gasteiger partial charge in [0.1, 0.15) is 18.1 Å². The van der Waals surface area contributed by atoms with E-state index in [1.165, 1.54) is 0 Å². The third-order valence-electron chi connectivity index (χ3n) is 6.12. The number of carbonyl (C=O) groups is 3. The van der Waals surface area contributed by atoms with Crippen LogP contribution in [0, 0.1) is 5.92 Å². The highest BCUT2D eigenvalue weighted by Gasteiger charge is 2.22. The van der Waals surface area contributed by atoms with E-state index in [1.807, 2.05) is 68.4 Å². The van der Waals surface area contributed by atoms with E-state index < -0.39 is 11.8 Å². The van der Waals surface area contributed by atoms with Gasteiger partial charge >= 0.3 is 0 Å². The minimum Gasteiger partial charge on any atom is -0.491 e. The monoisotopic (exact) mass is 549 g/mol. The maximum Gasteiger partial charge on any atom is 0.288 e. The van der Waals surface area contributed by atoms with Gasteiger partial charge in [0.15, 0.2) is 5.76 Å². The number of hydrogen-bond acceptors (Lipinski definition) is 6. The van der Waals surface area contributed by atoms with Crippen LogP contribution < -0.4 is 15.4 Å². The Morgan fingerprint density at radius 3 is 2.52 bits per heavy atom. The van der Waals surface area contributed by atoms with Crippen LogP contribution >= 0.6 is 0 Å². The first-order valence-corrected chi connectivity index (χ1v) is 13.7. The molecule has 1 aromatic heterocycles. The third-order valence-corrected chi connectivity index (χ3v) is 6.12. The van der Waals surface area contributed by atoms with Crippen molar-refractivity contribution in [2.24, 2.45) is 5.92 Å². The first-order valence-electron chi connectivity index (χ1n) is 13.7. The summed E-state index contributed by atoms with van der Waals surface area (Å²) in [5.74, 6) is 0.159. The second-order valence-electron chi connectivity index (χ2n) is 9.74. The second kappa shape index (κ2) is 16.1. The molecule has 1 atom stereocenters. The van der Waals surface area contributed by atoms with Gasteiger partial charge in [0.2, 0.25) is 12.3 Å². The lowest BCUT2D eigenvalue weighted by atomic mass is 10.0. The summed E-state index contributed by atoms with van der Waals surface area (Å²) in [4.78, 5) is 42.9. The summed E-state index contributed by atoms with van der Waals surface area (Å²) in [5.41, 5.74) is 1.70. The highest BCUT2D eigenvalue weighted by Crippen LogP contribution is 2.26. The SMILES string of the molecule is CCCCCC(CN(C=O)OCc1ccccc1)C(=O)NCNC(=O)c1ccc(-c2cccc(OC(C)C)c2)o1. The van der Waals surface area contributed by atoms with Crippen molar-refractivity contribution in [1.82, 2.24) is 15.7 Å². The lowest BCUT2D eigenvalue weighted by Crippen LogP contribution is -2.43. The molecule has 0 aliphatic rings. The molecule has 0 saturated heterocycles. The van der Waals surface area contributed by atoms with Crippen LogP contribution in [-0.4, -0.2) is 42.6 Å². The predicted octanol–water partition coefficient (Wildman–Crippen LogP) is 5.32. The van der Waals surface area contributed by atoms with Gasteiger partial charge < -0.3 is 19.8 Å². The van der Waals surface area contributed by atoms with Gasteiger partial charge in [-0.05, 0) is 50.1 Å². The topological polar surface area (TPSA) is 110 Å². The Morgan fingerprint density at radius 2 is 1.80 bits per heavy atom. The maximum atomic E-state index is 13.0.